The maximum atomic E-state index is 12.5. The number of para-hydroxylation sites is 1. The zero-order valence-corrected chi connectivity index (χ0v) is 15.0. The zero-order valence-electron chi connectivity index (χ0n) is 15.0. The van der Waals surface area contributed by atoms with Gasteiger partial charge in [0.1, 0.15) is 11.5 Å². The van der Waals surface area contributed by atoms with Crippen molar-refractivity contribution in [1.82, 2.24) is 0 Å². The van der Waals surface area contributed by atoms with Gasteiger partial charge in [-0.25, -0.2) is 4.79 Å². The predicted molar refractivity (Wildman–Crippen MR) is 104 cm³/mol. The molecule has 3 nitrogen and oxygen atoms in total. The summed E-state index contributed by atoms with van der Waals surface area (Å²) in [6, 6.07) is 24.5. The minimum Gasteiger partial charge on any atom is -0.493 e. The molecule has 0 bridgehead atoms. The van der Waals surface area contributed by atoms with Crippen molar-refractivity contribution in [2.75, 3.05) is 6.61 Å². The molecule has 0 aliphatic carbocycles. The highest BCUT2D eigenvalue weighted by molar-refractivity contribution is 5.92. The van der Waals surface area contributed by atoms with Crippen molar-refractivity contribution >= 4 is 5.97 Å². The van der Waals surface area contributed by atoms with Gasteiger partial charge in [-0.15, -0.1) is 0 Å². The van der Waals surface area contributed by atoms with Crippen molar-refractivity contribution in [2.45, 2.75) is 13.8 Å². The number of hydrogen-bond acceptors (Lipinski definition) is 3. The van der Waals surface area contributed by atoms with E-state index in [-0.39, 0.29) is 5.97 Å². The molecule has 132 valence electrons. The first-order valence-corrected chi connectivity index (χ1v) is 8.73. The van der Waals surface area contributed by atoms with E-state index in [2.05, 4.69) is 13.8 Å². The molecule has 0 aliphatic heterocycles. The Morgan fingerprint density at radius 2 is 1.50 bits per heavy atom. The number of benzene rings is 3. The second-order valence-corrected chi connectivity index (χ2v) is 6.48. The first kappa shape index (κ1) is 17.7. The molecule has 0 amide bonds. The van der Waals surface area contributed by atoms with Crippen molar-refractivity contribution in [1.29, 1.82) is 0 Å². The SMILES string of the molecule is CC(C)COc1ccc(C(=O)Oc2ccccc2-c2ccccc2)cc1. The van der Waals surface area contributed by atoms with E-state index in [1.54, 1.807) is 30.3 Å². The summed E-state index contributed by atoms with van der Waals surface area (Å²) in [4.78, 5) is 12.5. The number of hydrogen-bond donors (Lipinski definition) is 0. The Hall–Kier alpha value is -3.07. The number of carbonyl (C=O) groups is 1. The van der Waals surface area contributed by atoms with E-state index >= 15 is 0 Å². The predicted octanol–water partition coefficient (Wildman–Crippen LogP) is 5.61. The Kier molecular flexibility index (Phi) is 5.69. The van der Waals surface area contributed by atoms with E-state index in [0.29, 0.717) is 23.8 Å². The Morgan fingerprint density at radius 3 is 2.19 bits per heavy atom. The van der Waals surface area contributed by atoms with Gasteiger partial charge in [-0.3, -0.25) is 0 Å². The zero-order chi connectivity index (χ0) is 18.4. The van der Waals surface area contributed by atoms with E-state index < -0.39 is 0 Å². The van der Waals surface area contributed by atoms with Crippen molar-refractivity contribution in [3.63, 3.8) is 0 Å². The molecular formula is C23H22O3. The second-order valence-electron chi connectivity index (χ2n) is 6.48. The van der Waals surface area contributed by atoms with Crippen molar-refractivity contribution in [3.05, 3.63) is 84.4 Å². The molecule has 0 heterocycles. The fourth-order valence-electron chi connectivity index (χ4n) is 2.52. The van der Waals surface area contributed by atoms with Crippen molar-refractivity contribution in [3.8, 4) is 22.6 Å². The van der Waals surface area contributed by atoms with Crippen LogP contribution in [0.15, 0.2) is 78.9 Å². The van der Waals surface area contributed by atoms with Gasteiger partial charge in [-0.05, 0) is 41.8 Å². The molecule has 0 fully saturated rings. The van der Waals surface area contributed by atoms with Crippen LogP contribution in [0, 0.1) is 5.92 Å². The molecule has 0 spiro atoms. The third-order valence-corrected chi connectivity index (χ3v) is 3.85. The van der Waals surface area contributed by atoms with Gasteiger partial charge < -0.3 is 9.47 Å². The first-order valence-electron chi connectivity index (χ1n) is 8.73. The van der Waals surface area contributed by atoms with E-state index in [0.717, 1.165) is 16.9 Å². The summed E-state index contributed by atoms with van der Waals surface area (Å²) >= 11 is 0. The van der Waals surface area contributed by atoms with Gasteiger partial charge in [-0.1, -0.05) is 62.4 Å². The van der Waals surface area contributed by atoms with Crippen LogP contribution in [0.25, 0.3) is 11.1 Å². The maximum absolute atomic E-state index is 12.5. The van der Waals surface area contributed by atoms with Crippen LogP contribution < -0.4 is 9.47 Å². The molecule has 3 heteroatoms. The van der Waals surface area contributed by atoms with E-state index in [4.69, 9.17) is 9.47 Å². The van der Waals surface area contributed by atoms with Crippen LogP contribution in [-0.4, -0.2) is 12.6 Å². The van der Waals surface area contributed by atoms with Crippen molar-refractivity contribution < 1.29 is 14.3 Å². The molecule has 0 aromatic heterocycles. The van der Waals surface area contributed by atoms with E-state index in [1.807, 2.05) is 48.5 Å². The smallest absolute Gasteiger partial charge is 0.343 e. The van der Waals surface area contributed by atoms with Crippen LogP contribution in [0.4, 0.5) is 0 Å². The molecule has 0 saturated carbocycles. The lowest BCUT2D eigenvalue weighted by atomic mass is 10.0. The second kappa shape index (κ2) is 8.34. The van der Waals surface area contributed by atoms with Crippen LogP contribution in [0.2, 0.25) is 0 Å². The lowest BCUT2D eigenvalue weighted by molar-refractivity contribution is 0.0735. The quantitative estimate of drug-likeness (QED) is 0.430. The Morgan fingerprint density at radius 1 is 0.846 bits per heavy atom. The lowest BCUT2D eigenvalue weighted by Crippen LogP contribution is -2.09. The average molecular weight is 346 g/mol. The largest absolute Gasteiger partial charge is 0.493 e. The first-order chi connectivity index (χ1) is 12.6. The average Bonchev–Trinajstić information content (AvgIpc) is 2.68. The molecule has 0 N–H and O–H groups in total. The molecule has 0 radical (unpaired) electrons. The van der Waals surface area contributed by atoms with E-state index in [9.17, 15) is 4.79 Å². The number of ether oxygens (including phenoxy) is 2. The Balaban J connectivity index is 1.75. The summed E-state index contributed by atoms with van der Waals surface area (Å²) in [6.07, 6.45) is 0. The molecule has 3 aromatic rings. The van der Waals surface area contributed by atoms with Crippen LogP contribution in [0.1, 0.15) is 24.2 Å². The summed E-state index contributed by atoms with van der Waals surface area (Å²) in [7, 11) is 0. The highest BCUT2D eigenvalue weighted by Crippen LogP contribution is 2.30. The summed E-state index contributed by atoms with van der Waals surface area (Å²) in [5, 5.41) is 0. The molecule has 0 atom stereocenters. The third kappa shape index (κ3) is 4.51. The van der Waals surface area contributed by atoms with Gasteiger partial charge in [-0.2, -0.15) is 0 Å². The highest BCUT2D eigenvalue weighted by atomic mass is 16.5. The number of rotatable bonds is 6. The van der Waals surface area contributed by atoms with Crippen LogP contribution in [0.5, 0.6) is 11.5 Å². The summed E-state index contributed by atoms with van der Waals surface area (Å²) < 4.78 is 11.3. The van der Waals surface area contributed by atoms with Gasteiger partial charge in [0.05, 0.1) is 12.2 Å². The van der Waals surface area contributed by atoms with Gasteiger partial charge >= 0.3 is 5.97 Å². The van der Waals surface area contributed by atoms with Crippen LogP contribution in [0.3, 0.4) is 0 Å². The van der Waals surface area contributed by atoms with Gasteiger partial charge in [0.2, 0.25) is 0 Å². The molecule has 3 aromatic carbocycles. The molecule has 0 saturated heterocycles. The molecular weight excluding hydrogens is 324 g/mol. The fraction of sp³-hybridized carbons (Fsp3) is 0.174. The molecule has 0 unspecified atom stereocenters. The minimum atomic E-state index is -0.385. The van der Waals surface area contributed by atoms with Crippen LogP contribution >= 0.6 is 0 Å². The van der Waals surface area contributed by atoms with Crippen LogP contribution in [-0.2, 0) is 0 Å². The van der Waals surface area contributed by atoms with Gasteiger partial charge in [0.25, 0.3) is 0 Å². The maximum Gasteiger partial charge on any atom is 0.343 e. The highest BCUT2D eigenvalue weighted by Gasteiger charge is 2.12. The van der Waals surface area contributed by atoms with Gasteiger partial charge in [0, 0.05) is 5.56 Å². The standard InChI is InChI=1S/C23H22O3/c1-17(2)16-25-20-14-12-19(13-15-20)23(24)26-22-11-7-6-10-21(22)18-8-4-3-5-9-18/h3-15,17H,16H2,1-2H3. The summed E-state index contributed by atoms with van der Waals surface area (Å²) in [5.74, 6) is 1.36. The Labute approximate surface area is 154 Å². The third-order valence-electron chi connectivity index (χ3n) is 3.85. The minimum absolute atomic E-state index is 0.385. The summed E-state index contributed by atoms with van der Waals surface area (Å²) in [5.41, 5.74) is 2.39. The topological polar surface area (TPSA) is 35.5 Å². The molecule has 0 aliphatic rings. The summed E-state index contributed by atoms with van der Waals surface area (Å²) in [6.45, 7) is 4.83. The monoisotopic (exact) mass is 346 g/mol. The molecule has 26 heavy (non-hydrogen) atoms. The number of carbonyl (C=O) groups excluding carboxylic acids is 1. The van der Waals surface area contributed by atoms with Crippen molar-refractivity contribution in [2.24, 2.45) is 5.92 Å². The fourth-order valence-corrected chi connectivity index (χ4v) is 2.52. The number of esters is 1. The van der Waals surface area contributed by atoms with E-state index in [1.165, 1.54) is 0 Å². The lowest BCUT2D eigenvalue weighted by Gasteiger charge is -2.11. The molecule has 3 rings (SSSR count). The van der Waals surface area contributed by atoms with Gasteiger partial charge in [0.15, 0.2) is 0 Å². The normalized spacial score (nSPS) is 10.6. The Bertz CT molecular complexity index is 852.